The lowest BCUT2D eigenvalue weighted by Crippen LogP contribution is -2.36. The van der Waals surface area contributed by atoms with Gasteiger partial charge in [0.05, 0.1) is 18.9 Å². The molecule has 3 heterocycles. The Kier molecular flexibility index (Phi) is 8.05. The van der Waals surface area contributed by atoms with Crippen molar-refractivity contribution in [2.45, 2.75) is 76.4 Å². The molecule has 34 heavy (non-hydrogen) atoms. The van der Waals surface area contributed by atoms with Crippen molar-refractivity contribution >= 4 is 38.1 Å². The third-order valence-electron chi connectivity index (χ3n) is 6.38. The van der Waals surface area contributed by atoms with Gasteiger partial charge in [-0.1, -0.05) is 38.0 Å². The summed E-state index contributed by atoms with van der Waals surface area (Å²) in [5.74, 6) is 1.96. The van der Waals surface area contributed by atoms with E-state index in [0.29, 0.717) is 29.1 Å². The quantitative estimate of drug-likeness (QED) is 0.510. The number of carbonyl (C=O) groups is 1. The van der Waals surface area contributed by atoms with Gasteiger partial charge in [0.15, 0.2) is 11.6 Å². The Hall–Kier alpha value is -1.84. The minimum atomic E-state index is -0.217. The summed E-state index contributed by atoms with van der Waals surface area (Å²) in [4.78, 5) is 11.7. The number of benzene rings is 1. The second-order valence-electron chi connectivity index (χ2n) is 10.2. The second-order valence-corrected chi connectivity index (χ2v) is 13.0. The number of aromatic amines is 1. The lowest BCUT2D eigenvalue weighted by atomic mass is 9.92. The molecule has 3 atom stereocenters. The van der Waals surface area contributed by atoms with E-state index in [1.165, 1.54) is 0 Å². The summed E-state index contributed by atoms with van der Waals surface area (Å²) in [6, 6.07) is 5.64. The third-order valence-corrected chi connectivity index (χ3v) is 8.34. The van der Waals surface area contributed by atoms with Gasteiger partial charge in [-0.3, -0.25) is 9.89 Å². The van der Waals surface area contributed by atoms with E-state index in [0.717, 1.165) is 61.5 Å². The molecule has 1 aromatic heterocycles. The molecule has 3 aliphatic rings. The Bertz CT molecular complexity index is 1050. The van der Waals surface area contributed by atoms with E-state index in [-0.39, 0.29) is 33.3 Å². The number of anilines is 2. The minimum Gasteiger partial charge on any atom is -0.462 e. The number of aromatic nitrogens is 2. The number of hydrogen-bond donors (Lipinski definition) is 2. The molecule has 186 valence electrons. The van der Waals surface area contributed by atoms with Crippen molar-refractivity contribution in [1.82, 2.24) is 10.2 Å². The van der Waals surface area contributed by atoms with Gasteiger partial charge in [-0.2, -0.15) is 5.10 Å². The van der Waals surface area contributed by atoms with Gasteiger partial charge >= 0.3 is 5.97 Å². The highest BCUT2D eigenvalue weighted by Crippen LogP contribution is 2.37. The van der Waals surface area contributed by atoms with E-state index in [1.54, 1.807) is 6.07 Å². The number of fused-ring (bicyclic) bond motifs is 1. The number of nitrogens with one attached hydrogen (secondary N) is 2. The fourth-order valence-electron chi connectivity index (χ4n) is 4.47. The number of rotatable bonds is 6. The normalized spacial score (nSPS) is 24.5. The lowest BCUT2D eigenvalue weighted by molar-refractivity contribution is -0.148. The molecule has 5 rings (SSSR count). The van der Waals surface area contributed by atoms with Crippen LogP contribution >= 0.6 is 0 Å². The summed E-state index contributed by atoms with van der Waals surface area (Å²) in [6.07, 6.45) is 3.86. The van der Waals surface area contributed by atoms with Gasteiger partial charge in [0.25, 0.3) is 0 Å². The van der Waals surface area contributed by atoms with E-state index >= 15 is 0 Å². The molecular weight excluding hydrogens is 473 g/mol. The van der Waals surface area contributed by atoms with Gasteiger partial charge in [-0.25, -0.2) is 4.39 Å². The molecule has 2 aliphatic heterocycles. The van der Waals surface area contributed by atoms with Crippen LogP contribution in [0.5, 0.6) is 0 Å². The number of halogens is 1. The molecule has 0 spiro atoms. The van der Waals surface area contributed by atoms with Crippen LogP contribution in [-0.4, -0.2) is 35.5 Å². The summed E-state index contributed by atoms with van der Waals surface area (Å²) >= 11 is 5.35. The van der Waals surface area contributed by atoms with Crippen molar-refractivity contribution in [2.24, 2.45) is 5.41 Å². The third kappa shape index (κ3) is 6.23. The number of carbonyl (C=O) groups excluding carboxylic acids is 1. The lowest BCUT2D eigenvalue weighted by Gasteiger charge is -2.33. The molecule has 2 aromatic rings. The zero-order chi connectivity index (χ0) is 24.3. The summed E-state index contributed by atoms with van der Waals surface area (Å²) in [5.41, 5.74) is 3.69. The summed E-state index contributed by atoms with van der Waals surface area (Å²) in [6.45, 7) is 8.28. The second kappa shape index (κ2) is 10.8. The van der Waals surface area contributed by atoms with Crippen LogP contribution in [0.15, 0.2) is 18.2 Å². The number of ether oxygens (including phenoxy) is 2. The molecular formula is C25H34FN3O3S2. The van der Waals surface area contributed by atoms with Crippen LogP contribution in [0.25, 0.3) is 0 Å². The number of nitrogens with zero attached hydrogens (tertiary/aromatic N) is 1. The molecule has 1 aromatic carbocycles. The SMILES string of the molecule is CC1(C)COC1.CCCC(=O)OC1CCC(c2cc(Nc3ccc4c(c3F)CS(=S)C4)n[nH]2)C1. The highest BCUT2D eigenvalue weighted by Gasteiger charge is 2.30. The molecule has 1 aliphatic carbocycles. The van der Waals surface area contributed by atoms with Crippen LogP contribution in [0, 0.1) is 11.2 Å². The molecule has 0 bridgehead atoms. The summed E-state index contributed by atoms with van der Waals surface area (Å²) in [7, 11) is -0.184. The highest BCUT2D eigenvalue weighted by atomic mass is 32.8. The first-order valence-corrected chi connectivity index (χ1v) is 14.5. The van der Waals surface area contributed by atoms with Crippen molar-refractivity contribution < 1.29 is 18.7 Å². The van der Waals surface area contributed by atoms with Crippen LogP contribution in [0.1, 0.15) is 75.6 Å². The van der Waals surface area contributed by atoms with E-state index in [1.807, 2.05) is 19.1 Å². The minimum absolute atomic E-state index is 0.0231. The van der Waals surface area contributed by atoms with Crippen molar-refractivity contribution in [3.63, 3.8) is 0 Å². The highest BCUT2D eigenvalue weighted by molar-refractivity contribution is 8.28. The van der Waals surface area contributed by atoms with Crippen molar-refractivity contribution in [3.05, 3.63) is 40.8 Å². The van der Waals surface area contributed by atoms with Crippen LogP contribution in [0.2, 0.25) is 0 Å². The topological polar surface area (TPSA) is 76.2 Å². The Morgan fingerprint density at radius 1 is 1.35 bits per heavy atom. The standard InChI is InChI=1S/C20H24FN3O2S2.C5H10O/c1-2-3-19(25)26-14-6-4-12(8-14)17-9-18(24-23-17)22-16-7-5-13-10-28(27)11-15(13)20(16)21;1-5(2)3-6-4-5/h5,7,9,12,14H,2-4,6,8,10-11H2,1H3,(H2,22,23,24);3-4H2,1-2H3. The Morgan fingerprint density at radius 2 is 2.12 bits per heavy atom. The Morgan fingerprint density at radius 3 is 2.79 bits per heavy atom. The molecule has 6 nitrogen and oxygen atoms in total. The van der Waals surface area contributed by atoms with E-state index in [2.05, 4.69) is 29.4 Å². The van der Waals surface area contributed by atoms with E-state index in [4.69, 9.17) is 20.7 Å². The monoisotopic (exact) mass is 507 g/mol. The number of esters is 1. The van der Waals surface area contributed by atoms with Gasteiger partial charge < -0.3 is 14.8 Å². The van der Waals surface area contributed by atoms with Gasteiger partial charge in [0.2, 0.25) is 0 Å². The molecule has 3 unspecified atom stereocenters. The van der Waals surface area contributed by atoms with Gasteiger partial charge in [0, 0.05) is 46.6 Å². The molecule has 0 amide bonds. The first-order chi connectivity index (χ1) is 16.2. The fraction of sp³-hybridized carbons (Fsp3) is 0.600. The molecule has 9 heteroatoms. The average Bonchev–Trinajstić information content (AvgIpc) is 3.49. The predicted molar refractivity (Wildman–Crippen MR) is 136 cm³/mol. The molecule has 2 N–H and O–H groups in total. The fourth-order valence-corrected chi connectivity index (χ4v) is 6.56. The number of H-pyrrole nitrogens is 1. The largest absolute Gasteiger partial charge is 0.462 e. The van der Waals surface area contributed by atoms with Crippen LogP contribution in [-0.2, 0) is 46.4 Å². The average molecular weight is 508 g/mol. The maximum absolute atomic E-state index is 14.8. The van der Waals surface area contributed by atoms with Crippen LogP contribution in [0.3, 0.4) is 0 Å². The molecule has 0 radical (unpaired) electrons. The van der Waals surface area contributed by atoms with Gasteiger partial charge in [-0.05, 0) is 37.3 Å². The summed E-state index contributed by atoms with van der Waals surface area (Å²) < 4.78 is 25.2. The predicted octanol–water partition coefficient (Wildman–Crippen LogP) is 5.41. The smallest absolute Gasteiger partial charge is 0.306 e. The molecule has 1 saturated carbocycles. The maximum Gasteiger partial charge on any atom is 0.306 e. The first kappa shape index (κ1) is 25.3. The molecule has 1 saturated heterocycles. The van der Waals surface area contributed by atoms with Crippen LogP contribution in [0.4, 0.5) is 15.9 Å². The van der Waals surface area contributed by atoms with Gasteiger partial charge in [0.1, 0.15) is 6.10 Å². The van der Waals surface area contributed by atoms with E-state index in [9.17, 15) is 9.18 Å². The van der Waals surface area contributed by atoms with Crippen LogP contribution < -0.4 is 5.32 Å². The Labute approximate surface area is 208 Å². The molecule has 2 fully saturated rings. The number of hydrogen-bond acceptors (Lipinski definition) is 6. The zero-order valence-corrected chi connectivity index (χ0v) is 21.8. The Balaban J connectivity index is 0.000000398. The maximum atomic E-state index is 14.8. The summed E-state index contributed by atoms with van der Waals surface area (Å²) in [5, 5.41) is 10.4. The van der Waals surface area contributed by atoms with Crippen molar-refractivity contribution in [2.75, 3.05) is 18.5 Å². The first-order valence-electron chi connectivity index (χ1n) is 12.0. The van der Waals surface area contributed by atoms with E-state index < -0.39 is 0 Å². The zero-order valence-electron chi connectivity index (χ0n) is 20.1. The van der Waals surface area contributed by atoms with Gasteiger partial charge in [-0.15, -0.1) is 9.45 Å². The van der Waals surface area contributed by atoms with Crippen molar-refractivity contribution in [1.29, 1.82) is 0 Å². The van der Waals surface area contributed by atoms with Crippen molar-refractivity contribution in [3.8, 4) is 0 Å².